The van der Waals surface area contributed by atoms with E-state index in [0.717, 1.165) is 0 Å². The molecule has 0 aromatic carbocycles. The lowest BCUT2D eigenvalue weighted by Crippen LogP contribution is -2.40. The van der Waals surface area contributed by atoms with Crippen LogP contribution in [0.4, 0.5) is 0 Å². The summed E-state index contributed by atoms with van der Waals surface area (Å²) >= 11 is 0. The van der Waals surface area contributed by atoms with E-state index in [-0.39, 0.29) is 5.91 Å². The Morgan fingerprint density at radius 1 is 1.62 bits per heavy atom. The molecule has 1 N–H and O–H groups in total. The van der Waals surface area contributed by atoms with Crippen LogP contribution in [0.1, 0.15) is 20.3 Å². The number of amides is 1. The Balaban J connectivity index is 3.95. The zero-order chi connectivity index (χ0) is 10.3. The van der Waals surface area contributed by atoms with Crippen molar-refractivity contribution in [2.75, 3.05) is 20.1 Å². The lowest BCUT2D eigenvalue weighted by molar-refractivity contribution is -0.122. The molecule has 0 heterocycles. The molecule has 0 saturated carbocycles. The van der Waals surface area contributed by atoms with Crippen molar-refractivity contribution >= 4 is 5.91 Å². The predicted molar refractivity (Wildman–Crippen MR) is 51.0 cm³/mol. The van der Waals surface area contributed by atoms with Gasteiger partial charge in [0.15, 0.2) is 0 Å². The minimum absolute atomic E-state index is 0.00774. The first kappa shape index (κ1) is 11.9. The van der Waals surface area contributed by atoms with Crippen LogP contribution in [0.5, 0.6) is 0 Å². The second kappa shape index (κ2) is 6.44. The van der Waals surface area contributed by atoms with Gasteiger partial charge in [-0.05, 0) is 13.8 Å². The molecule has 0 radical (unpaired) electrons. The van der Waals surface area contributed by atoms with E-state index in [0.29, 0.717) is 25.6 Å². The number of likely N-dealkylation sites (N-methyl/N-ethyl adjacent to an activating group) is 1. The second-order valence-corrected chi connectivity index (χ2v) is 3.15. The summed E-state index contributed by atoms with van der Waals surface area (Å²) in [6.45, 7) is 5.05. The highest BCUT2D eigenvalue weighted by atomic mass is 16.1. The van der Waals surface area contributed by atoms with Gasteiger partial charge in [-0.2, -0.15) is 5.26 Å². The van der Waals surface area contributed by atoms with Crippen LogP contribution in [0.3, 0.4) is 0 Å². The van der Waals surface area contributed by atoms with E-state index in [1.54, 1.807) is 7.05 Å². The first-order chi connectivity index (χ1) is 6.11. The minimum Gasteiger partial charge on any atom is -0.358 e. The number of rotatable bonds is 5. The quantitative estimate of drug-likeness (QED) is 0.669. The number of carbonyl (C=O) groups excluding carboxylic acids is 1. The smallest absolute Gasteiger partial charge is 0.233 e. The number of nitrogens with one attached hydrogen (secondary N) is 1. The molecule has 0 atom stereocenters. The van der Waals surface area contributed by atoms with Gasteiger partial charge in [-0.15, -0.1) is 0 Å². The van der Waals surface area contributed by atoms with Gasteiger partial charge in [0.2, 0.25) is 5.91 Å². The van der Waals surface area contributed by atoms with Crippen LogP contribution >= 0.6 is 0 Å². The van der Waals surface area contributed by atoms with Crippen LogP contribution in [0.2, 0.25) is 0 Å². The fourth-order valence-electron chi connectivity index (χ4n) is 0.977. The minimum atomic E-state index is -0.00774. The van der Waals surface area contributed by atoms with E-state index in [1.165, 1.54) is 0 Å². The third kappa shape index (κ3) is 5.21. The van der Waals surface area contributed by atoms with Gasteiger partial charge < -0.3 is 5.32 Å². The van der Waals surface area contributed by atoms with Gasteiger partial charge in [0.1, 0.15) is 0 Å². The largest absolute Gasteiger partial charge is 0.358 e. The number of hydrogen-bond donors (Lipinski definition) is 1. The third-order valence-electron chi connectivity index (χ3n) is 1.87. The van der Waals surface area contributed by atoms with Gasteiger partial charge in [-0.3, -0.25) is 9.69 Å². The number of nitrogens with zero attached hydrogens (tertiary/aromatic N) is 2. The van der Waals surface area contributed by atoms with Gasteiger partial charge in [0.05, 0.1) is 12.6 Å². The summed E-state index contributed by atoms with van der Waals surface area (Å²) in [7, 11) is 1.62. The summed E-state index contributed by atoms with van der Waals surface area (Å²) in [4.78, 5) is 13.0. The number of nitriles is 1. The molecule has 13 heavy (non-hydrogen) atoms. The monoisotopic (exact) mass is 183 g/mol. The predicted octanol–water partition coefficient (Wildman–Crippen LogP) is 0.356. The Morgan fingerprint density at radius 3 is 2.62 bits per heavy atom. The topological polar surface area (TPSA) is 56.1 Å². The molecule has 74 valence electrons. The van der Waals surface area contributed by atoms with Crippen molar-refractivity contribution in [3.63, 3.8) is 0 Å². The van der Waals surface area contributed by atoms with Crippen LogP contribution in [-0.2, 0) is 4.79 Å². The fraction of sp³-hybridized carbons (Fsp3) is 0.778. The molecule has 4 heteroatoms. The Morgan fingerprint density at radius 2 is 2.23 bits per heavy atom. The van der Waals surface area contributed by atoms with Gasteiger partial charge in [-0.25, -0.2) is 0 Å². The molecule has 0 aliphatic rings. The van der Waals surface area contributed by atoms with Crippen molar-refractivity contribution < 1.29 is 4.79 Å². The highest BCUT2D eigenvalue weighted by molar-refractivity contribution is 5.77. The molecule has 0 fully saturated rings. The molecule has 0 aromatic heterocycles. The molecule has 0 saturated heterocycles. The summed E-state index contributed by atoms with van der Waals surface area (Å²) in [5.74, 6) is -0.00774. The fourth-order valence-corrected chi connectivity index (χ4v) is 0.977. The number of carbonyl (C=O) groups is 1. The van der Waals surface area contributed by atoms with Crippen molar-refractivity contribution in [2.45, 2.75) is 26.3 Å². The van der Waals surface area contributed by atoms with Crippen molar-refractivity contribution in [1.82, 2.24) is 10.2 Å². The van der Waals surface area contributed by atoms with Gasteiger partial charge in [-0.1, -0.05) is 0 Å². The zero-order valence-electron chi connectivity index (χ0n) is 8.50. The standard InChI is InChI=1S/C9H17N3O/c1-8(2)12(6-4-5-10)7-9(13)11-3/h8H,4,6-7H2,1-3H3,(H,11,13). The molecule has 0 unspecified atom stereocenters. The maximum absolute atomic E-state index is 11.1. The van der Waals surface area contributed by atoms with E-state index in [4.69, 9.17) is 5.26 Å². The Labute approximate surface area is 79.5 Å². The highest BCUT2D eigenvalue weighted by Gasteiger charge is 2.11. The molecule has 0 spiro atoms. The van der Waals surface area contributed by atoms with E-state index in [9.17, 15) is 4.79 Å². The van der Waals surface area contributed by atoms with Crippen LogP contribution in [0, 0.1) is 11.3 Å². The maximum atomic E-state index is 11.1. The normalized spacial score (nSPS) is 10.2. The van der Waals surface area contributed by atoms with E-state index in [2.05, 4.69) is 11.4 Å². The summed E-state index contributed by atoms with van der Waals surface area (Å²) in [6.07, 6.45) is 0.467. The van der Waals surface area contributed by atoms with Crippen molar-refractivity contribution in [3.05, 3.63) is 0 Å². The molecule has 1 amide bonds. The van der Waals surface area contributed by atoms with Crippen LogP contribution in [-0.4, -0.2) is 37.0 Å². The molecule has 0 aliphatic carbocycles. The lowest BCUT2D eigenvalue weighted by atomic mass is 10.3. The van der Waals surface area contributed by atoms with Crippen LogP contribution < -0.4 is 5.32 Å². The molecule has 4 nitrogen and oxygen atoms in total. The summed E-state index contributed by atoms with van der Waals surface area (Å²) in [5, 5.41) is 11.0. The summed E-state index contributed by atoms with van der Waals surface area (Å²) in [5.41, 5.74) is 0. The SMILES string of the molecule is CNC(=O)CN(CCC#N)C(C)C. The van der Waals surface area contributed by atoms with E-state index < -0.39 is 0 Å². The molecule has 0 bridgehead atoms. The zero-order valence-corrected chi connectivity index (χ0v) is 8.50. The summed E-state index contributed by atoms with van der Waals surface area (Å²) < 4.78 is 0. The Kier molecular flexibility index (Phi) is 5.90. The van der Waals surface area contributed by atoms with Crippen molar-refractivity contribution in [2.24, 2.45) is 0 Å². The maximum Gasteiger partial charge on any atom is 0.233 e. The van der Waals surface area contributed by atoms with E-state index in [1.807, 2.05) is 18.7 Å². The molecule has 0 rings (SSSR count). The Bertz CT molecular complexity index is 196. The first-order valence-electron chi connectivity index (χ1n) is 4.43. The molecule has 0 aliphatic heterocycles. The first-order valence-corrected chi connectivity index (χ1v) is 4.43. The highest BCUT2D eigenvalue weighted by Crippen LogP contribution is 1.98. The average molecular weight is 183 g/mol. The van der Waals surface area contributed by atoms with Crippen LogP contribution in [0.15, 0.2) is 0 Å². The average Bonchev–Trinajstić information content (AvgIpc) is 2.11. The number of hydrogen-bond acceptors (Lipinski definition) is 3. The molecular weight excluding hydrogens is 166 g/mol. The molecular formula is C9H17N3O. The third-order valence-corrected chi connectivity index (χ3v) is 1.87. The van der Waals surface area contributed by atoms with Crippen molar-refractivity contribution in [1.29, 1.82) is 5.26 Å². The van der Waals surface area contributed by atoms with Crippen molar-refractivity contribution in [3.8, 4) is 6.07 Å². The molecule has 0 aromatic rings. The lowest BCUT2D eigenvalue weighted by Gasteiger charge is -2.24. The van der Waals surface area contributed by atoms with Gasteiger partial charge in [0, 0.05) is 26.1 Å². The van der Waals surface area contributed by atoms with Gasteiger partial charge in [0.25, 0.3) is 0 Å². The van der Waals surface area contributed by atoms with E-state index >= 15 is 0 Å². The summed E-state index contributed by atoms with van der Waals surface area (Å²) in [6, 6.07) is 2.37. The van der Waals surface area contributed by atoms with Crippen LogP contribution in [0.25, 0.3) is 0 Å². The Hall–Kier alpha value is -1.08. The van der Waals surface area contributed by atoms with Gasteiger partial charge >= 0.3 is 0 Å². The second-order valence-electron chi connectivity index (χ2n) is 3.15.